The van der Waals surface area contributed by atoms with Crippen LogP contribution in [0.3, 0.4) is 0 Å². The van der Waals surface area contributed by atoms with E-state index in [4.69, 9.17) is 10.2 Å². The van der Waals surface area contributed by atoms with Crippen molar-refractivity contribution >= 4 is 23.4 Å². The zero-order valence-electron chi connectivity index (χ0n) is 14.6. The lowest BCUT2D eigenvalue weighted by molar-refractivity contribution is 0.577. The third-order valence-corrected chi connectivity index (χ3v) is 5.08. The van der Waals surface area contributed by atoms with Gasteiger partial charge in [0, 0.05) is 11.8 Å². The Morgan fingerprint density at radius 3 is 2.65 bits per heavy atom. The summed E-state index contributed by atoms with van der Waals surface area (Å²) in [5.74, 6) is 2.77. The molecule has 2 N–H and O–H groups in total. The molecule has 0 aliphatic rings. The molecule has 4 rings (SSSR count). The molecule has 0 saturated heterocycles. The number of nitrogen functional groups attached to an aromatic ring is 1. The molecule has 0 spiro atoms. The van der Waals surface area contributed by atoms with Crippen molar-refractivity contribution in [3.05, 3.63) is 59.9 Å². The molecule has 0 unspecified atom stereocenters. The third-order valence-electron chi connectivity index (χ3n) is 4.10. The van der Waals surface area contributed by atoms with Crippen molar-refractivity contribution < 1.29 is 4.42 Å². The molecule has 0 bridgehead atoms. The number of thioether (sulfide) groups is 1. The second-order valence-electron chi connectivity index (χ2n) is 6.32. The van der Waals surface area contributed by atoms with Crippen LogP contribution in [-0.4, -0.2) is 19.6 Å². The average Bonchev–Trinajstić information content (AvgIpc) is 3.29. The van der Waals surface area contributed by atoms with Gasteiger partial charge in [0.05, 0.1) is 6.26 Å². The van der Waals surface area contributed by atoms with E-state index in [1.807, 2.05) is 12.1 Å². The molecule has 0 fully saturated rings. The Morgan fingerprint density at radius 1 is 1.15 bits per heavy atom. The van der Waals surface area contributed by atoms with Gasteiger partial charge < -0.3 is 10.2 Å². The second kappa shape index (κ2) is 6.84. The first-order valence-electron chi connectivity index (χ1n) is 8.39. The number of furan rings is 1. The van der Waals surface area contributed by atoms with Crippen LogP contribution < -0.4 is 5.73 Å². The first-order chi connectivity index (χ1) is 12.6. The summed E-state index contributed by atoms with van der Waals surface area (Å²) in [4.78, 5) is 8.91. The largest absolute Gasteiger partial charge is 0.461 e. The average molecular weight is 365 g/mol. The van der Waals surface area contributed by atoms with Gasteiger partial charge in [-0.2, -0.15) is 4.52 Å². The molecule has 0 aliphatic heterocycles. The predicted octanol–water partition coefficient (Wildman–Crippen LogP) is 4.38. The number of hydrogen-bond acceptors (Lipinski definition) is 6. The zero-order valence-corrected chi connectivity index (χ0v) is 15.4. The highest BCUT2D eigenvalue weighted by atomic mass is 32.2. The molecule has 4 aromatic rings. The highest BCUT2D eigenvalue weighted by molar-refractivity contribution is 7.98. The van der Waals surface area contributed by atoms with Crippen molar-refractivity contribution in [2.24, 2.45) is 0 Å². The number of benzene rings is 1. The number of nitrogens with two attached hydrogens (primary N) is 1. The van der Waals surface area contributed by atoms with Gasteiger partial charge in [-0.3, -0.25) is 0 Å². The maximum absolute atomic E-state index is 6.05. The van der Waals surface area contributed by atoms with Crippen molar-refractivity contribution in [1.29, 1.82) is 0 Å². The minimum atomic E-state index is 0.311. The van der Waals surface area contributed by atoms with Gasteiger partial charge in [0.1, 0.15) is 5.03 Å². The Bertz CT molecular complexity index is 1020. The molecule has 132 valence electrons. The van der Waals surface area contributed by atoms with E-state index < -0.39 is 0 Å². The van der Waals surface area contributed by atoms with Crippen LogP contribution in [0.15, 0.2) is 58.2 Å². The zero-order chi connectivity index (χ0) is 18.1. The van der Waals surface area contributed by atoms with Crippen LogP contribution in [-0.2, 0) is 5.75 Å². The topological polar surface area (TPSA) is 82.2 Å². The lowest BCUT2D eigenvalue weighted by atomic mass is 10.0. The van der Waals surface area contributed by atoms with Gasteiger partial charge in [-0.25, -0.2) is 9.97 Å². The minimum absolute atomic E-state index is 0.311. The van der Waals surface area contributed by atoms with Crippen LogP contribution >= 0.6 is 11.8 Å². The summed E-state index contributed by atoms with van der Waals surface area (Å²) in [6.45, 7) is 4.39. The summed E-state index contributed by atoms with van der Waals surface area (Å²) in [6, 6.07) is 14.2. The molecular formula is C19H19N5OS. The van der Waals surface area contributed by atoms with E-state index in [0.29, 0.717) is 29.1 Å². The van der Waals surface area contributed by atoms with Crippen molar-refractivity contribution in [2.45, 2.75) is 30.5 Å². The van der Waals surface area contributed by atoms with E-state index in [1.54, 1.807) is 24.1 Å². The Hall–Kier alpha value is -2.80. The Balaban J connectivity index is 1.55. The van der Waals surface area contributed by atoms with E-state index in [-0.39, 0.29) is 0 Å². The van der Waals surface area contributed by atoms with Crippen LogP contribution in [0.4, 0.5) is 5.95 Å². The quantitative estimate of drug-likeness (QED) is 0.417. The van der Waals surface area contributed by atoms with Crippen LogP contribution in [0, 0.1) is 0 Å². The molecule has 0 aliphatic carbocycles. The standard InChI is InChI=1S/C19H19N5OS/c1-12(2)14-7-5-13(6-8-14)11-26-17-10-16-21-18(15-4-3-9-25-15)23-24(16)19(20)22-17/h3-10,12H,11H2,1-2H3,(H2,20,22). The predicted molar refractivity (Wildman–Crippen MR) is 103 cm³/mol. The molecule has 0 amide bonds. The number of aromatic nitrogens is 4. The van der Waals surface area contributed by atoms with Gasteiger partial charge in [0.15, 0.2) is 11.4 Å². The SMILES string of the molecule is CC(C)c1ccc(CSc2cc3nc(-c4ccco4)nn3c(N)n2)cc1. The van der Waals surface area contributed by atoms with Gasteiger partial charge in [0.2, 0.25) is 11.8 Å². The van der Waals surface area contributed by atoms with Crippen molar-refractivity contribution in [1.82, 2.24) is 19.6 Å². The number of fused-ring (bicyclic) bond motifs is 1. The molecule has 7 heteroatoms. The van der Waals surface area contributed by atoms with Gasteiger partial charge >= 0.3 is 0 Å². The fourth-order valence-electron chi connectivity index (χ4n) is 2.63. The Kier molecular flexibility index (Phi) is 4.38. The van der Waals surface area contributed by atoms with Crippen molar-refractivity contribution in [2.75, 3.05) is 5.73 Å². The molecule has 0 atom stereocenters. The highest BCUT2D eigenvalue weighted by Gasteiger charge is 2.12. The molecule has 3 aromatic heterocycles. The fourth-order valence-corrected chi connectivity index (χ4v) is 3.48. The number of nitrogens with zero attached hydrogens (tertiary/aromatic N) is 4. The molecule has 3 heterocycles. The first kappa shape index (κ1) is 16.7. The summed E-state index contributed by atoms with van der Waals surface area (Å²) >= 11 is 1.63. The summed E-state index contributed by atoms with van der Waals surface area (Å²) in [6.07, 6.45) is 1.59. The Morgan fingerprint density at radius 2 is 1.96 bits per heavy atom. The first-order valence-corrected chi connectivity index (χ1v) is 9.37. The third kappa shape index (κ3) is 3.30. The van der Waals surface area contributed by atoms with Crippen molar-refractivity contribution in [3.8, 4) is 11.6 Å². The molecule has 1 aromatic carbocycles. The maximum Gasteiger partial charge on any atom is 0.224 e. The fraction of sp³-hybridized carbons (Fsp3) is 0.211. The van der Waals surface area contributed by atoms with Crippen LogP contribution in [0.25, 0.3) is 17.2 Å². The second-order valence-corrected chi connectivity index (χ2v) is 7.32. The van der Waals surface area contributed by atoms with Crippen LogP contribution in [0.1, 0.15) is 30.9 Å². The number of anilines is 1. The van der Waals surface area contributed by atoms with E-state index in [1.165, 1.54) is 15.6 Å². The summed E-state index contributed by atoms with van der Waals surface area (Å²) in [5.41, 5.74) is 9.30. The summed E-state index contributed by atoms with van der Waals surface area (Å²) < 4.78 is 6.87. The highest BCUT2D eigenvalue weighted by Crippen LogP contribution is 2.25. The molecule has 0 saturated carbocycles. The number of rotatable bonds is 5. The minimum Gasteiger partial charge on any atom is -0.461 e. The smallest absolute Gasteiger partial charge is 0.224 e. The normalized spacial score (nSPS) is 11.5. The lowest BCUT2D eigenvalue weighted by Crippen LogP contribution is -2.02. The summed E-state index contributed by atoms with van der Waals surface area (Å²) in [7, 11) is 0. The van der Waals surface area contributed by atoms with E-state index in [0.717, 1.165) is 10.8 Å². The van der Waals surface area contributed by atoms with Crippen LogP contribution in [0.5, 0.6) is 0 Å². The van der Waals surface area contributed by atoms with E-state index in [9.17, 15) is 0 Å². The van der Waals surface area contributed by atoms with E-state index in [2.05, 4.69) is 53.2 Å². The maximum atomic E-state index is 6.05. The van der Waals surface area contributed by atoms with Crippen molar-refractivity contribution in [3.63, 3.8) is 0 Å². The summed E-state index contributed by atoms with van der Waals surface area (Å²) in [5, 5.41) is 5.18. The molecular weight excluding hydrogens is 346 g/mol. The molecule has 6 nitrogen and oxygen atoms in total. The van der Waals surface area contributed by atoms with Gasteiger partial charge in [0.25, 0.3) is 0 Å². The van der Waals surface area contributed by atoms with E-state index >= 15 is 0 Å². The van der Waals surface area contributed by atoms with Crippen LogP contribution in [0.2, 0.25) is 0 Å². The lowest BCUT2D eigenvalue weighted by Gasteiger charge is -2.07. The molecule has 26 heavy (non-hydrogen) atoms. The molecule has 0 radical (unpaired) electrons. The number of hydrogen-bond donors (Lipinski definition) is 1. The van der Waals surface area contributed by atoms with Gasteiger partial charge in [-0.1, -0.05) is 38.1 Å². The van der Waals surface area contributed by atoms with Gasteiger partial charge in [-0.15, -0.1) is 16.9 Å². The Labute approximate surface area is 155 Å². The monoisotopic (exact) mass is 365 g/mol. The van der Waals surface area contributed by atoms with Gasteiger partial charge in [-0.05, 0) is 29.2 Å².